The number of halogens is 1. The van der Waals surface area contributed by atoms with Crippen molar-refractivity contribution >= 4 is 38.9 Å². The van der Waals surface area contributed by atoms with Gasteiger partial charge in [0.1, 0.15) is 0 Å². The minimum atomic E-state index is -3.52. The van der Waals surface area contributed by atoms with Crippen LogP contribution in [0.25, 0.3) is 0 Å². The number of nitrogens with one attached hydrogen (secondary N) is 1. The largest absolute Gasteiger partial charge is 0.330 e. The van der Waals surface area contributed by atoms with Crippen LogP contribution < -0.4 is 4.72 Å². The van der Waals surface area contributed by atoms with E-state index in [9.17, 15) is 13.2 Å². The Balaban J connectivity index is 1.75. The highest BCUT2D eigenvalue weighted by Crippen LogP contribution is 2.24. The first kappa shape index (κ1) is 19.1. The fourth-order valence-electron chi connectivity index (χ4n) is 2.45. The van der Waals surface area contributed by atoms with Gasteiger partial charge in [-0.25, -0.2) is 13.1 Å². The topological polar surface area (TPSA) is 66.5 Å². The summed E-state index contributed by atoms with van der Waals surface area (Å²) in [5, 5.41) is 0. The number of benzene rings is 1. The zero-order chi connectivity index (χ0) is 18.7. The normalized spacial score (nSPS) is 14.2. The standard InChI is InChI=1S/C18H19ClN2O3S2/c1-2-11-21(12-15-7-10-17(19)25-15)18(22)13-3-8-16(9-4-13)26(23,24)20-14-5-6-14/h2-4,7-10,14,20H,1,5-6,11-12H2. The number of hydrogen-bond acceptors (Lipinski definition) is 4. The average molecular weight is 411 g/mol. The van der Waals surface area contributed by atoms with Crippen LogP contribution in [0.4, 0.5) is 0 Å². The minimum Gasteiger partial charge on any atom is -0.330 e. The monoisotopic (exact) mass is 410 g/mol. The summed E-state index contributed by atoms with van der Waals surface area (Å²) in [5.41, 5.74) is 0.430. The molecule has 0 bridgehead atoms. The van der Waals surface area contributed by atoms with Gasteiger partial charge in [-0.15, -0.1) is 17.9 Å². The molecule has 1 heterocycles. The van der Waals surface area contributed by atoms with E-state index in [0.717, 1.165) is 17.7 Å². The predicted octanol–water partition coefficient (Wildman–Crippen LogP) is 3.67. The van der Waals surface area contributed by atoms with E-state index in [1.807, 2.05) is 6.07 Å². The molecule has 1 aliphatic rings. The number of rotatable bonds is 8. The first-order valence-corrected chi connectivity index (χ1v) is 10.8. The molecule has 1 saturated carbocycles. The number of thiophene rings is 1. The second-order valence-corrected chi connectivity index (χ2v) is 9.61. The molecule has 0 radical (unpaired) electrons. The fourth-order valence-corrected chi connectivity index (χ4v) is 4.86. The molecular formula is C18H19ClN2O3S2. The van der Waals surface area contributed by atoms with Crippen LogP contribution in [0.2, 0.25) is 4.34 Å². The number of carbonyl (C=O) groups is 1. The van der Waals surface area contributed by atoms with E-state index in [1.54, 1.807) is 29.2 Å². The van der Waals surface area contributed by atoms with Crippen molar-refractivity contribution in [2.75, 3.05) is 6.54 Å². The molecule has 1 fully saturated rings. The molecule has 1 amide bonds. The maximum Gasteiger partial charge on any atom is 0.254 e. The van der Waals surface area contributed by atoms with Crippen LogP contribution in [0.15, 0.2) is 53.9 Å². The van der Waals surface area contributed by atoms with E-state index in [-0.39, 0.29) is 16.8 Å². The van der Waals surface area contributed by atoms with Gasteiger partial charge in [0.25, 0.3) is 5.91 Å². The van der Waals surface area contributed by atoms with Crippen LogP contribution in [0.3, 0.4) is 0 Å². The number of amides is 1. The molecule has 0 atom stereocenters. The molecule has 26 heavy (non-hydrogen) atoms. The molecule has 1 aromatic heterocycles. The molecule has 0 unspecified atom stereocenters. The molecular weight excluding hydrogens is 392 g/mol. The van der Waals surface area contributed by atoms with Gasteiger partial charge in [0.2, 0.25) is 10.0 Å². The highest BCUT2D eigenvalue weighted by atomic mass is 35.5. The van der Waals surface area contributed by atoms with E-state index in [2.05, 4.69) is 11.3 Å². The predicted molar refractivity (Wildman–Crippen MR) is 104 cm³/mol. The lowest BCUT2D eigenvalue weighted by atomic mass is 10.2. The van der Waals surface area contributed by atoms with Crippen LogP contribution >= 0.6 is 22.9 Å². The second kappa shape index (κ2) is 7.92. The Morgan fingerprint density at radius 3 is 2.50 bits per heavy atom. The van der Waals surface area contributed by atoms with E-state index in [0.29, 0.717) is 23.0 Å². The third-order valence-corrected chi connectivity index (χ3v) is 6.68. The lowest BCUT2D eigenvalue weighted by Gasteiger charge is -2.20. The Kier molecular flexibility index (Phi) is 5.82. The van der Waals surface area contributed by atoms with Gasteiger partial charge in [0.15, 0.2) is 0 Å². The molecule has 138 valence electrons. The van der Waals surface area contributed by atoms with E-state index < -0.39 is 10.0 Å². The van der Waals surface area contributed by atoms with Crippen molar-refractivity contribution in [3.63, 3.8) is 0 Å². The summed E-state index contributed by atoms with van der Waals surface area (Å²) in [6.45, 7) is 4.51. The van der Waals surface area contributed by atoms with Gasteiger partial charge in [-0.05, 0) is 49.2 Å². The van der Waals surface area contributed by atoms with Gasteiger partial charge < -0.3 is 4.90 Å². The molecule has 0 spiro atoms. The van der Waals surface area contributed by atoms with Gasteiger partial charge in [-0.3, -0.25) is 4.79 Å². The molecule has 1 N–H and O–H groups in total. The van der Waals surface area contributed by atoms with Gasteiger partial charge in [-0.1, -0.05) is 17.7 Å². The summed E-state index contributed by atoms with van der Waals surface area (Å²) in [4.78, 5) is 15.6. The van der Waals surface area contributed by atoms with Gasteiger partial charge in [0.05, 0.1) is 15.8 Å². The Labute approximate surface area is 162 Å². The zero-order valence-corrected chi connectivity index (χ0v) is 16.4. The van der Waals surface area contributed by atoms with Crippen LogP contribution in [0.5, 0.6) is 0 Å². The van der Waals surface area contributed by atoms with Crippen LogP contribution in [0.1, 0.15) is 28.1 Å². The van der Waals surface area contributed by atoms with Crippen molar-refractivity contribution in [1.29, 1.82) is 0 Å². The first-order chi connectivity index (χ1) is 12.4. The Morgan fingerprint density at radius 1 is 1.27 bits per heavy atom. The zero-order valence-electron chi connectivity index (χ0n) is 14.0. The summed E-state index contributed by atoms with van der Waals surface area (Å²) in [6.07, 6.45) is 3.41. The smallest absolute Gasteiger partial charge is 0.254 e. The first-order valence-electron chi connectivity index (χ1n) is 8.16. The van der Waals surface area contributed by atoms with Crippen molar-refractivity contribution < 1.29 is 13.2 Å². The van der Waals surface area contributed by atoms with Gasteiger partial charge in [-0.2, -0.15) is 0 Å². The molecule has 8 heteroatoms. The summed E-state index contributed by atoms with van der Waals surface area (Å²) in [5.74, 6) is -0.187. The molecule has 0 saturated heterocycles. The number of nitrogens with zero attached hydrogens (tertiary/aromatic N) is 1. The maximum atomic E-state index is 12.8. The van der Waals surface area contributed by atoms with Crippen molar-refractivity contribution in [3.05, 3.63) is 63.8 Å². The Hall–Kier alpha value is -1.67. The highest BCUT2D eigenvalue weighted by Gasteiger charge is 2.28. The van der Waals surface area contributed by atoms with Crippen molar-refractivity contribution in [2.45, 2.75) is 30.3 Å². The van der Waals surface area contributed by atoms with Crippen LogP contribution in [-0.4, -0.2) is 31.8 Å². The quantitative estimate of drug-likeness (QED) is 0.675. The summed E-state index contributed by atoms with van der Waals surface area (Å²) >= 11 is 7.37. The maximum absolute atomic E-state index is 12.8. The van der Waals surface area contributed by atoms with E-state index >= 15 is 0 Å². The third-order valence-electron chi connectivity index (χ3n) is 3.92. The highest BCUT2D eigenvalue weighted by molar-refractivity contribution is 7.89. The van der Waals surface area contributed by atoms with Crippen LogP contribution in [0, 0.1) is 0 Å². The molecule has 1 aromatic carbocycles. The van der Waals surface area contributed by atoms with Gasteiger partial charge >= 0.3 is 0 Å². The van der Waals surface area contributed by atoms with Gasteiger partial charge in [0, 0.05) is 23.0 Å². The molecule has 5 nitrogen and oxygen atoms in total. The third kappa shape index (κ3) is 4.73. The molecule has 1 aliphatic carbocycles. The average Bonchev–Trinajstić information content (AvgIpc) is 3.32. The molecule has 0 aliphatic heterocycles. The summed E-state index contributed by atoms with van der Waals surface area (Å²) in [6, 6.07) is 9.74. The van der Waals surface area contributed by atoms with Crippen molar-refractivity contribution in [2.24, 2.45) is 0 Å². The van der Waals surface area contributed by atoms with Crippen molar-refractivity contribution in [1.82, 2.24) is 9.62 Å². The van der Waals surface area contributed by atoms with Crippen molar-refractivity contribution in [3.8, 4) is 0 Å². The number of hydrogen-bond donors (Lipinski definition) is 1. The second-order valence-electron chi connectivity index (χ2n) is 6.10. The number of sulfonamides is 1. The lowest BCUT2D eigenvalue weighted by molar-refractivity contribution is 0.0764. The fraction of sp³-hybridized carbons (Fsp3) is 0.278. The Bertz CT molecular complexity index is 903. The lowest BCUT2D eigenvalue weighted by Crippen LogP contribution is -2.30. The SMILES string of the molecule is C=CCN(Cc1ccc(Cl)s1)C(=O)c1ccc(S(=O)(=O)NC2CC2)cc1. The Morgan fingerprint density at radius 2 is 1.96 bits per heavy atom. The minimum absolute atomic E-state index is 0.0435. The summed E-state index contributed by atoms with van der Waals surface area (Å²) in [7, 11) is -3.52. The van der Waals surface area contributed by atoms with E-state index in [1.165, 1.54) is 23.5 Å². The summed E-state index contributed by atoms with van der Waals surface area (Å²) < 4.78 is 27.7. The number of carbonyl (C=O) groups excluding carboxylic acids is 1. The van der Waals surface area contributed by atoms with Crippen LogP contribution in [-0.2, 0) is 16.6 Å². The molecule has 3 rings (SSSR count). The van der Waals surface area contributed by atoms with E-state index in [4.69, 9.17) is 11.6 Å². The molecule has 2 aromatic rings.